The lowest BCUT2D eigenvalue weighted by Crippen LogP contribution is -2.36. The summed E-state index contributed by atoms with van der Waals surface area (Å²) in [7, 11) is 0. The summed E-state index contributed by atoms with van der Waals surface area (Å²) in [6.45, 7) is 5.45. The van der Waals surface area contributed by atoms with E-state index >= 15 is 0 Å². The molecular formula is C7H15N3. The summed E-state index contributed by atoms with van der Waals surface area (Å²) in [4.78, 5) is 2.24. The molecule has 0 amide bonds. The molecule has 0 aliphatic carbocycles. The Hall–Kier alpha value is -0.730. The van der Waals surface area contributed by atoms with Crippen LogP contribution in [0.4, 0.5) is 0 Å². The average Bonchev–Trinajstić information content (AvgIpc) is 2.36. The minimum atomic E-state index is 0.444. The molecule has 1 N–H and O–H groups in total. The van der Waals surface area contributed by atoms with Gasteiger partial charge in [0.2, 0.25) is 0 Å². The Kier molecular flexibility index (Phi) is 2.54. The van der Waals surface area contributed by atoms with Crippen LogP contribution in [0.3, 0.4) is 0 Å². The van der Waals surface area contributed by atoms with Gasteiger partial charge in [-0.15, -0.1) is 0 Å². The van der Waals surface area contributed by atoms with E-state index in [0.717, 1.165) is 13.0 Å². The fraction of sp³-hybridized carbons (Fsp3) is 0.857. The van der Waals surface area contributed by atoms with Crippen molar-refractivity contribution >= 4 is 6.34 Å². The van der Waals surface area contributed by atoms with Gasteiger partial charge in [-0.25, -0.2) is 0 Å². The van der Waals surface area contributed by atoms with Gasteiger partial charge in [0, 0.05) is 6.54 Å². The van der Waals surface area contributed by atoms with Gasteiger partial charge < -0.3 is 4.90 Å². The average molecular weight is 141 g/mol. The second-order valence-electron chi connectivity index (χ2n) is 2.54. The molecule has 1 unspecified atom stereocenters. The van der Waals surface area contributed by atoms with E-state index in [-0.39, 0.29) is 0 Å². The molecule has 0 aromatic rings. The van der Waals surface area contributed by atoms with Gasteiger partial charge in [-0.1, -0.05) is 13.8 Å². The maximum Gasteiger partial charge on any atom is 0.116 e. The first kappa shape index (κ1) is 7.38. The SMILES string of the molecule is CCCN1C=NNC1CC. The first-order chi connectivity index (χ1) is 4.88. The van der Waals surface area contributed by atoms with Crippen LogP contribution in [-0.2, 0) is 0 Å². The fourth-order valence-corrected chi connectivity index (χ4v) is 1.15. The number of rotatable bonds is 3. The zero-order chi connectivity index (χ0) is 7.40. The van der Waals surface area contributed by atoms with Gasteiger partial charge in [0.25, 0.3) is 0 Å². The van der Waals surface area contributed by atoms with Gasteiger partial charge in [0.05, 0.1) is 0 Å². The summed E-state index contributed by atoms with van der Waals surface area (Å²) < 4.78 is 0. The van der Waals surface area contributed by atoms with Crippen LogP contribution in [-0.4, -0.2) is 23.9 Å². The smallest absolute Gasteiger partial charge is 0.116 e. The van der Waals surface area contributed by atoms with Crippen molar-refractivity contribution in [3.05, 3.63) is 0 Å². The molecule has 1 rings (SSSR count). The van der Waals surface area contributed by atoms with Crippen molar-refractivity contribution in [2.75, 3.05) is 6.54 Å². The summed E-state index contributed by atoms with van der Waals surface area (Å²) >= 11 is 0. The van der Waals surface area contributed by atoms with E-state index in [1.807, 2.05) is 6.34 Å². The van der Waals surface area contributed by atoms with E-state index in [1.165, 1.54) is 6.42 Å². The largest absolute Gasteiger partial charge is 0.340 e. The molecule has 0 bridgehead atoms. The van der Waals surface area contributed by atoms with Gasteiger partial charge in [-0.2, -0.15) is 5.10 Å². The zero-order valence-electron chi connectivity index (χ0n) is 6.67. The van der Waals surface area contributed by atoms with E-state index < -0.39 is 0 Å². The van der Waals surface area contributed by atoms with Crippen molar-refractivity contribution in [2.45, 2.75) is 32.9 Å². The monoisotopic (exact) mass is 141 g/mol. The van der Waals surface area contributed by atoms with Crippen LogP contribution in [0.25, 0.3) is 0 Å². The fourth-order valence-electron chi connectivity index (χ4n) is 1.15. The third-order valence-electron chi connectivity index (χ3n) is 1.70. The first-order valence-electron chi connectivity index (χ1n) is 3.93. The molecule has 1 aliphatic rings. The van der Waals surface area contributed by atoms with E-state index in [9.17, 15) is 0 Å². The van der Waals surface area contributed by atoms with Crippen LogP contribution < -0.4 is 5.43 Å². The highest BCUT2D eigenvalue weighted by atomic mass is 15.5. The number of hydrogen-bond donors (Lipinski definition) is 1. The lowest BCUT2D eigenvalue weighted by Gasteiger charge is -2.21. The Bertz CT molecular complexity index is 122. The van der Waals surface area contributed by atoms with Crippen LogP contribution in [0.2, 0.25) is 0 Å². The van der Waals surface area contributed by atoms with E-state index in [1.54, 1.807) is 0 Å². The van der Waals surface area contributed by atoms with Crippen molar-refractivity contribution in [3.8, 4) is 0 Å². The maximum absolute atomic E-state index is 3.99. The molecule has 3 nitrogen and oxygen atoms in total. The Morgan fingerprint density at radius 3 is 3.00 bits per heavy atom. The summed E-state index contributed by atoms with van der Waals surface area (Å²) in [5, 5.41) is 3.99. The molecule has 0 radical (unpaired) electrons. The van der Waals surface area contributed by atoms with Gasteiger partial charge >= 0.3 is 0 Å². The Balaban J connectivity index is 2.33. The normalized spacial score (nSPS) is 23.4. The summed E-state index contributed by atoms with van der Waals surface area (Å²) in [5.74, 6) is 0. The molecule has 0 saturated carbocycles. The van der Waals surface area contributed by atoms with E-state index in [4.69, 9.17) is 0 Å². The van der Waals surface area contributed by atoms with Crippen molar-refractivity contribution < 1.29 is 0 Å². The van der Waals surface area contributed by atoms with Crippen LogP contribution in [0.15, 0.2) is 5.10 Å². The molecule has 0 aromatic heterocycles. The van der Waals surface area contributed by atoms with Crippen LogP contribution in [0.5, 0.6) is 0 Å². The lowest BCUT2D eigenvalue weighted by atomic mass is 10.3. The molecule has 3 heteroatoms. The van der Waals surface area contributed by atoms with Crippen LogP contribution in [0, 0.1) is 0 Å². The summed E-state index contributed by atoms with van der Waals surface area (Å²) in [5.41, 5.74) is 3.04. The van der Waals surface area contributed by atoms with Crippen LogP contribution >= 0.6 is 0 Å². The van der Waals surface area contributed by atoms with Crippen molar-refractivity contribution in [1.29, 1.82) is 0 Å². The van der Waals surface area contributed by atoms with Gasteiger partial charge in [-0.05, 0) is 12.8 Å². The maximum atomic E-state index is 3.99. The Morgan fingerprint density at radius 2 is 2.40 bits per heavy atom. The van der Waals surface area contributed by atoms with Gasteiger partial charge in [0.1, 0.15) is 12.5 Å². The topological polar surface area (TPSA) is 27.6 Å². The Morgan fingerprint density at radius 1 is 1.60 bits per heavy atom. The lowest BCUT2D eigenvalue weighted by molar-refractivity contribution is 0.298. The van der Waals surface area contributed by atoms with Crippen LogP contribution in [0.1, 0.15) is 26.7 Å². The van der Waals surface area contributed by atoms with E-state index in [2.05, 4.69) is 29.3 Å². The van der Waals surface area contributed by atoms with Gasteiger partial charge in [-0.3, -0.25) is 5.43 Å². The minimum absolute atomic E-state index is 0.444. The standard InChI is InChI=1S/C7H15N3/c1-3-5-10-6-8-9-7(10)4-2/h6-7,9H,3-5H2,1-2H3. The molecule has 0 fully saturated rings. The van der Waals surface area contributed by atoms with Crippen molar-refractivity contribution in [2.24, 2.45) is 5.10 Å². The highest BCUT2D eigenvalue weighted by Crippen LogP contribution is 2.03. The molecule has 0 saturated heterocycles. The van der Waals surface area contributed by atoms with Gasteiger partial charge in [0.15, 0.2) is 0 Å². The molecule has 1 atom stereocenters. The van der Waals surface area contributed by atoms with Crippen molar-refractivity contribution in [1.82, 2.24) is 10.3 Å². The molecule has 1 aliphatic heterocycles. The number of hydrazone groups is 1. The molecule has 10 heavy (non-hydrogen) atoms. The summed E-state index contributed by atoms with van der Waals surface area (Å²) in [6.07, 6.45) is 4.63. The minimum Gasteiger partial charge on any atom is -0.340 e. The second kappa shape index (κ2) is 3.44. The third kappa shape index (κ3) is 1.40. The number of hydrogen-bond acceptors (Lipinski definition) is 3. The number of nitrogens with zero attached hydrogens (tertiary/aromatic N) is 2. The zero-order valence-corrected chi connectivity index (χ0v) is 6.67. The summed E-state index contributed by atoms with van der Waals surface area (Å²) in [6, 6.07) is 0. The molecule has 58 valence electrons. The molecular weight excluding hydrogens is 126 g/mol. The third-order valence-corrected chi connectivity index (χ3v) is 1.70. The Labute approximate surface area is 62.1 Å². The predicted molar refractivity (Wildman–Crippen MR) is 42.7 cm³/mol. The highest BCUT2D eigenvalue weighted by Gasteiger charge is 2.15. The van der Waals surface area contributed by atoms with Crippen molar-refractivity contribution in [3.63, 3.8) is 0 Å². The second-order valence-corrected chi connectivity index (χ2v) is 2.54. The van der Waals surface area contributed by atoms with E-state index in [0.29, 0.717) is 6.17 Å². The predicted octanol–water partition coefficient (Wildman–Crippen LogP) is 0.981. The molecule has 0 aromatic carbocycles. The highest BCUT2D eigenvalue weighted by molar-refractivity contribution is 5.56. The quantitative estimate of drug-likeness (QED) is 0.634. The molecule has 1 heterocycles. The number of nitrogens with one attached hydrogen (secondary N) is 1. The first-order valence-corrected chi connectivity index (χ1v) is 3.93. The molecule has 0 spiro atoms.